The molecule has 2 aromatic heterocycles. The Morgan fingerprint density at radius 1 is 0.444 bits per heavy atom. The molecule has 0 spiro atoms. The van der Waals surface area contributed by atoms with E-state index >= 15 is 0 Å². The first-order valence-electron chi connectivity index (χ1n) is 18.3. The van der Waals surface area contributed by atoms with Crippen molar-refractivity contribution in [1.29, 1.82) is 0 Å². The molecule has 0 amide bonds. The molecule has 0 saturated heterocycles. The summed E-state index contributed by atoms with van der Waals surface area (Å²) in [6.07, 6.45) is 0.822. The number of nitrogen functional groups attached to an aromatic ring is 1. The molecule has 0 fully saturated rings. The Morgan fingerprint density at radius 2 is 1.00 bits per heavy atom. The summed E-state index contributed by atoms with van der Waals surface area (Å²) >= 11 is 0. The lowest BCUT2D eigenvalue weighted by Crippen LogP contribution is -2.02. The highest BCUT2D eigenvalue weighted by Gasteiger charge is 2.18. The molecule has 0 aliphatic heterocycles. The molecule has 0 radical (unpaired) electrons. The minimum absolute atomic E-state index is 0.668. The van der Waals surface area contributed by atoms with E-state index in [4.69, 9.17) is 20.7 Å². The van der Waals surface area contributed by atoms with Gasteiger partial charge in [-0.1, -0.05) is 146 Å². The molecular formula is C49H37N5. The van der Waals surface area contributed by atoms with Gasteiger partial charge in [0, 0.05) is 39.9 Å². The predicted octanol–water partition coefficient (Wildman–Crippen LogP) is 12.0. The molecule has 0 aliphatic rings. The summed E-state index contributed by atoms with van der Waals surface area (Å²) in [6.45, 7) is 2.16. The van der Waals surface area contributed by atoms with Crippen molar-refractivity contribution in [2.75, 3.05) is 5.73 Å². The zero-order valence-electron chi connectivity index (χ0n) is 29.9. The Balaban J connectivity index is 1.15. The van der Waals surface area contributed by atoms with Crippen LogP contribution in [0.4, 0.5) is 5.69 Å². The first-order valence-corrected chi connectivity index (χ1v) is 18.3. The van der Waals surface area contributed by atoms with Gasteiger partial charge in [0.15, 0.2) is 5.82 Å². The first kappa shape index (κ1) is 32.8. The van der Waals surface area contributed by atoms with Crippen molar-refractivity contribution in [1.82, 2.24) is 19.5 Å². The van der Waals surface area contributed by atoms with Crippen LogP contribution in [0.15, 0.2) is 182 Å². The Kier molecular flexibility index (Phi) is 8.58. The van der Waals surface area contributed by atoms with Crippen LogP contribution in [0.1, 0.15) is 12.7 Å². The molecule has 5 heteroatoms. The predicted molar refractivity (Wildman–Crippen MR) is 223 cm³/mol. The largest absolute Gasteiger partial charge is 0.398 e. The van der Waals surface area contributed by atoms with Gasteiger partial charge in [-0.15, -0.1) is 0 Å². The maximum absolute atomic E-state index is 6.78. The highest BCUT2D eigenvalue weighted by Crippen LogP contribution is 2.39. The summed E-state index contributed by atoms with van der Waals surface area (Å²) in [5, 5.41) is 0. The number of hydrogen-bond donors (Lipinski definition) is 1. The average molecular weight is 696 g/mol. The van der Waals surface area contributed by atoms with Crippen molar-refractivity contribution < 1.29 is 0 Å². The second kappa shape index (κ2) is 14.1. The van der Waals surface area contributed by atoms with E-state index in [1.54, 1.807) is 0 Å². The van der Waals surface area contributed by atoms with Crippen LogP contribution in [-0.4, -0.2) is 19.5 Å². The quantitative estimate of drug-likeness (QED) is 0.161. The van der Waals surface area contributed by atoms with Crippen molar-refractivity contribution in [2.24, 2.45) is 0 Å². The number of aryl methyl sites for hydroxylation is 1. The van der Waals surface area contributed by atoms with E-state index in [1.807, 2.05) is 54.6 Å². The molecule has 9 aromatic rings. The lowest BCUT2D eigenvalue weighted by molar-refractivity contribution is 0.909. The SMILES string of the molecule is CCc1nc2ccccc2n1-c1ccccc1-c1cccc(-c2cc(-c3ccccc3-c3nc(-c4ccccc4)cc(-c4ccccc4)n3)ccc2N)c1. The normalized spacial score (nSPS) is 11.2. The van der Waals surface area contributed by atoms with Crippen molar-refractivity contribution in [3.05, 3.63) is 188 Å². The Hall–Kier alpha value is -7.11. The molecule has 9 rings (SSSR count). The number of nitrogens with zero attached hydrogens (tertiary/aromatic N) is 4. The fourth-order valence-corrected chi connectivity index (χ4v) is 7.33. The number of para-hydroxylation sites is 3. The molecule has 54 heavy (non-hydrogen) atoms. The van der Waals surface area contributed by atoms with Crippen molar-refractivity contribution in [2.45, 2.75) is 13.3 Å². The van der Waals surface area contributed by atoms with Crippen molar-refractivity contribution in [3.8, 4) is 73.0 Å². The van der Waals surface area contributed by atoms with Crippen LogP contribution in [0.5, 0.6) is 0 Å². The summed E-state index contributed by atoms with van der Waals surface area (Å²) in [6, 6.07) is 62.8. The number of fused-ring (bicyclic) bond motifs is 1. The monoisotopic (exact) mass is 695 g/mol. The topological polar surface area (TPSA) is 69.6 Å². The van der Waals surface area contributed by atoms with Gasteiger partial charge < -0.3 is 5.73 Å². The van der Waals surface area contributed by atoms with Crippen LogP contribution in [0, 0.1) is 0 Å². The third-order valence-corrected chi connectivity index (χ3v) is 9.97. The molecule has 0 saturated carbocycles. The van der Waals surface area contributed by atoms with Gasteiger partial charge in [-0.2, -0.15) is 0 Å². The van der Waals surface area contributed by atoms with E-state index in [1.165, 1.54) is 0 Å². The zero-order chi connectivity index (χ0) is 36.4. The lowest BCUT2D eigenvalue weighted by Gasteiger charge is -2.16. The van der Waals surface area contributed by atoms with Gasteiger partial charge in [0.2, 0.25) is 0 Å². The van der Waals surface area contributed by atoms with Crippen LogP contribution in [0.2, 0.25) is 0 Å². The van der Waals surface area contributed by atoms with Gasteiger partial charge in [0.1, 0.15) is 5.82 Å². The second-order valence-electron chi connectivity index (χ2n) is 13.3. The van der Waals surface area contributed by atoms with E-state index < -0.39 is 0 Å². The highest BCUT2D eigenvalue weighted by atomic mass is 15.1. The summed E-state index contributed by atoms with van der Waals surface area (Å²) in [5.41, 5.74) is 21.8. The van der Waals surface area contributed by atoms with Crippen LogP contribution >= 0.6 is 0 Å². The summed E-state index contributed by atoms with van der Waals surface area (Å²) in [5.74, 6) is 1.70. The first-order chi connectivity index (χ1) is 26.6. The average Bonchev–Trinajstić information content (AvgIpc) is 3.63. The molecule has 7 aromatic carbocycles. The van der Waals surface area contributed by atoms with E-state index in [0.29, 0.717) is 11.5 Å². The molecule has 2 N–H and O–H groups in total. The van der Waals surface area contributed by atoms with E-state index in [2.05, 4.69) is 139 Å². The smallest absolute Gasteiger partial charge is 0.161 e. The minimum Gasteiger partial charge on any atom is -0.398 e. The number of imidazole rings is 1. The van der Waals surface area contributed by atoms with Gasteiger partial charge in [-0.05, 0) is 64.7 Å². The number of rotatable bonds is 8. The molecule has 0 bridgehead atoms. The van der Waals surface area contributed by atoms with Crippen LogP contribution in [-0.2, 0) is 6.42 Å². The number of nitrogens with two attached hydrogens (primary N) is 1. The zero-order valence-corrected chi connectivity index (χ0v) is 29.9. The molecule has 5 nitrogen and oxygen atoms in total. The summed E-state index contributed by atoms with van der Waals surface area (Å²) in [7, 11) is 0. The second-order valence-corrected chi connectivity index (χ2v) is 13.3. The lowest BCUT2D eigenvalue weighted by atomic mass is 9.92. The molecule has 0 unspecified atom stereocenters. The number of hydrogen-bond acceptors (Lipinski definition) is 4. The van der Waals surface area contributed by atoms with Gasteiger partial charge in [0.25, 0.3) is 0 Å². The summed E-state index contributed by atoms with van der Waals surface area (Å²) < 4.78 is 2.29. The number of anilines is 1. The Bertz CT molecular complexity index is 2710. The van der Waals surface area contributed by atoms with Gasteiger partial charge in [-0.3, -0.25) is 4.57 Å². The molecule has 258 valence electrons. The van der Waals surface area contributed by atoms with Crippen LogP contribution in [0.3, 0.4) is 0 Å². The van der Waals surface area contributed by atoms with Gasteiger partial charge >= 0.3 is 0 Å². The number of benzene rings is 7. The standard InChI is InChI=1S/C49H37N5/c1-2-48-51-43-25-12-14-27-47(43)54(48)46-26-13-11-23-39(46)35-20-15-21-36(30-35)41-31-37(28-29-42(41)50)38-22-9-10-24-40(38)49-52-44(33-16-5-3-6-17-33)32-45(53-49)34-18-7-4-8-19-34/h3-32H,2,50H2,1H3. The van der Waals surface area contributed by atoms with E-state index in [-0.39, 0.29) is 0 Å². The Morgan fingerprint density at radius 3 is 1.70 bits per heavy atom. The van der Waals surface area contributed by atoms with Crippen molar-refractivity contribution >= 4 is 16.7 Å². The minimum atomic E-state index is 0.668. The van der Waals surface area contributed by atoms with E-state index in [9.17, 15) is 0 Å². The fraction of sp³-hybridized carbons (Fsp3) is 0.0408. The maximum Gasteiger partial charge on any atom is 0.161 e. The van der Waals surface area contributed by atoms with Crippen molar-refractivity contribution in [3.63, 3.8) is 0 Å². The van der Waals surface area contributed by atoms with Gasteiger partial charge in [-0.25, -0.2) is 15.0 Å². The Labute approximate surface area is 315 Å². The molecule has 2 heterocycles. The maximum atomic E-state index is 6.78. The molecule has 0 atom stereocenters. The van der Waals surface area contributed by atoms with Crippen LogP contribution in [0.25, 0.3) is 84.0 Å². The third kappa shape index (κ3) is 6.12. The molecule has 0 aliphatic carbocycles. The highest BCUT2D eigenvalue weighted by molar-refractivity contribution is 5.90. The molecular weight excluding hydrogens is 659 g/mol. The van der Waals surface area contributed by atoms with Gasteiger partial charge in [0.05, 0.1) is 28.1 Å². The summed E-state index contributed by atoms with van der Waals surface area (Å²) in [4.78, 5) is 15.3. The third-order valence-electron chi connectivity index (χ3n) is 9.97. The number of aromatic nitrogens is 4. The fourth-order valence-electron chi connectivity index (χ4n) is 7.33. The van der Waals surface area contributed by atoms with E-state index in [0.717, 1.165) is 90.4 Å². The van der Waals surface area contributed by atoms with Crippen LogP contribution < -0.4 is 5.73 Å².